The molecular formula is C23H22FN3O2. The molecule has 148 valence electrons. The van der Waals surface area contributed by atoms with Crippen LogP contribution in [0.3, 0.4) is 0 Å². The van der Waals surface area contributed by atoms with Crippen LogP contribution in [-0.4, -0.2) is 16.8 Å². The lowest BCUT2D eigenvalue weighted by molar-refractivity contribution is 0.0945. The van der Waals surface area contributed by atoms with Crippen molar-refractivity contribution in [2.45, 2.75) is 26.3 Å². The zero-order valence-corrected chi connectivity index (χ0v) is 16.3. The van der Waals surface area contributed by atoms with Crippen LogP contribution in [0.1, 0.15) is 51.7 Å². The van der Waals surface area contributed by atoms with Crippen molar-refractivity contribution in [2.24, 2.45) is 0 Å². The summed E-state index contributed by atoms with van der Waals surface area (Å²) in [5.74, 6) is -0.806. The van der Waals surface area contributed by atoms with Gasteiger partial charge in [0.15, 0.2) is 0 Å². The fourth-order valence-corrected chi connectivity index (χ4v) is 2.76. The van der Waals surface area contributed by atoms with E-state index in [0.29, 0.717) is 22.7 Å². The van der Waals surface area contributed by atoms with Gasteiger partial charge in [-0.25, -0.2) is 4.39 Å². The van der Waals surface area contributed by atoms with Gasteiger partial charge in [-0.1, -0.05) is 44.2 Å². The van der Waals surface area contributed by atoms with Gasteiger partial charge in [-0.05, 0) is 41.8 Å². The van der Waals surface area contributed by atoms with E-state index in [0.717, 1.165) is 0 Å². The summed E-state index contributed by atoms with van der Waals surface area (Å²) in [5, 5.41) is 5.42. The Balaban J connectivity index is 1.65. The van der Waals surface area contributed by atoms with Crippen LogP contribution >= 0.6 is 0 Å². The molecule has 6 heteroatoms. The van der Waals surface area contributed by atoms with Gasteiger partial charge in [-0.3, -0.25) is 14.6 Å². The van der Waals surface area contributed by atoms with Crippen LogP contribution in [0.5, 0.6) is 0 Å². The van der Waals surface area contributed by atoms with E-state index in [9.17, 15) is 14.0 Å². The predicted molar refractivity (Wildman–Crippen MR) is 110 cm³/mol. The lowest BCUT2D eigenvalue weighted by Crippen LogP contribution is -2.25. The molecule has 0 fully saturated rings. The number of carbonyl (C=O) groups is 2. The molecule has 0 radical (unpaired) electrons. The van der Waals surface area contributed by atoms with Gasteiger partial charge in [0.05, 0.1) is 0 Å². The van der Waals surface area contributed by atoms with E-state index in [4.69, 9.17) is 0 Å². The third kappa shape index (κ3) is 5.25. The molecule has 0 unspecified atom stereocenters. The molecular weight excluding hydrogens is 369 g/mol. The Hall–Kier alpha value is -3.54. The van der Waals surface area contributed by atoms with Gasteiger partial charge in [-0.15, -0.1) is 0 Å². The Morgan fingerprint density at radius 2 is 1.72 bits per heavy atom. The van der Waals surface area contributed by atoms with Gasteiger partial charge in [0.2, 0.25) is 0 Å². The van der Waals surface area contributed by atoms with Gasteiger partial charge in [0.25, 0.3) is 11.8 Å². The monoisotopic (exact) mass is 391 g/mol. The topological polar surface area (TPSA) is 71.1 Å². The Bertz CT molecular complexity index is 1020. The maximum Gasteiger partial charge on any atom is 0.270 e. The van der Waals surface area contributed by atoms with Gasteiger partial charge < -0.3 is 10.6 Å². The third-order valence-electron chi connectivity index (χ3n) is 4.49. The molecule has 0 atom stereocenters. The highest BCUT2D eigenvalue weighted by atomic mass is 19.1. The molecule has 2 aromatic carbocycles. The highest BCUT2D eigenvalue weighted by molar-refractivity contribution is 6.05. The smallest absolute Gasteiger partial charge is 0.270 e. The Kier molecular flexibility index (Phi) is 6.34. The van der Waals surface area contributed by atoms with E-state index < -0.39 is 11.7 Å². The predicted octanol–water partition coefficient (Wildman–Crippen LogP) is 4.53. The molecule has 0 bridgehead atoms. The zero-order valence-electron chi connectivity index (χ0n) is 16.3. The Labute approximate surface area is 169 Å². The van der Waals surface area contributed by atoms with Crippen molar-refractivity contribution in [1.82, 2.24) is 10.3 Å². The van der Waals surface area contributed by atoms with Gasteiger partial charge in [-0.2, -0.15) is 0 Å². The molecule has 3 aromatic rings. The maximum atomic E-state index is 13.7. The van der Waals surface area contributed by atoms with E-state index in [2.05, 4.69) is 29.5 Å². The summed E-state index contributed by atoms with van der Waals surface area (Å²) in [6, 6.07) is 16.8. The zero-order chi connectivity index (χ0) is 20.8. The number of pyridine rings is 1. The SMILES string of the molecule is CC(C)c1ccc(NC(=O)c2ccnc(C(=O)NCc3ccccc3F)c2)cc1. The first-order valence-corrected chi connectivity index (χ1v) is 9.33. The average molecular weight is 391 g/mol. The molecule has 0 aliphatic carbocycles. The fraction of sp³-hybridized carbons (Fsp3) is 0.174. The standard InChI is InChI=1S/C23H22FN3O2/c1-15(2)16-7-9-19(10-8-16)27-22(28)17-11-12-25-21(13-17)23(29)26-14-18-5-3-4-6-20(18)24/h3-13,15H,14H2,1-2H3,(H,26,29)(H,27,28). The van der Waals surface area contributed by atoms with Crippen LogP contribution in [0.2, 0.25) is 0 Å². The average Bonchev–Trinajstić information content (AvgIpc) is 2.73. The van der Waals surface area contributed by atoms with Crippen LogP contribution in [0, 0.1) is 5.82 Å². The number of halogens is 1. The van der Waals surface area contributed by atoms with Crippen LogP contribution < -0.4 is 10.6 Å². The minimum Gasteiger partial charge on any atom is -0.347 e. The fourth-order valence-electron chi connectivity index (χ4n) is 2.76. The van der Waals surface area contributed by atoms with Crippen LogP contribution in [-0.2, 0) is 6.54 Å². The van der Waals surface area contributed by atoms with E-state index in [1.54, 1.807) is 18.2 Å². The summed E-state index contributed by atoms with van der Waals surface area (Å²) in [6.07, 6.45) is 1.40. The van der Waals surface area contributed by atoms with Crippen molar-refractivity contribution in [2.75, 3.05) is 5.32 Å². The molecule has 1 aromatic heterocycles. The molecule has 0 aliphatic rings. The molecule has 0 spiro atoms. The molecule has 0 saturated heterocycles. The number of hydrogen-bond acceptors (Lipinski definition) is 3. The second-order valence-electron chi connectivity index (χ2n) is 6.93. The van der Waals surface area contributed by atoms with E-state index in [1.807, 2.05) is 24.3 Å². The number of nitrogens with one attached hydrogen (secondary N) is 2. The summed E-state index contributed by atoms with van der Waals surface area (Å²) in [7, 11) is 0. The van der Waals surface area contributed by atoms with Crippen molar-refractivity contribution in [3.8, 4) is 0 Å². The van der Waals surface area contributed by atoms with Crippen LogP contribution in [0.4, 0.5) is 10.1 Å². The van der Waals surface area contributed by atoms with Crippen molar-refractivity contribution in [3.63, 3.8) is 0 Å². The Morgan fingerprint density at radius 1 is 1.00 bits per heavy atom. The first kappa shape index (κ1) is 20.2. The Morgan fingerprint density at radius 3 is 2.41 bits per heavy atom. The van der Waals surface area contributed by atoms with Crippen LogP contribution in [0.15, 0.2) is 66.9 Å². The number of benzene rings is 2. The van der Waals surface area contributed by atoms with Crippen LogP contribution in [0.25, 0.3) is 0 Å². The molecule has 5 nitrogen and oxygen atoms in total. The quantitative estimate of drug-likeness (QED) is 0.649. The summed E-state index contributed by atoms with van der Waals surface area (Å²) < 4.78 is 13.7. The number of anilines is 1. The van der Waals surface area contributed by atoms with Gasteiger partial charge >= 0.3 is 0 Å². The summed E-state index contributed by atoms with van der Waals surface area (Å²) in [5.41, 5.74) is 2.62. The van der Waals surface area contributed by atoms with Crippen molar-refractivity contribution in [1.29, 1.82) is 0 Å². The van der Waals surface area contributed by atoms with Crippen molar-refractivity contribution in [3.05, 3.63) is 95.1 Å². The number of amides is 2. The number of nitrogens with zero attached hydrogens (tertiary/aromatic N) is 1. The summed E-state index contributed by atoms with van der Waals surface area (Å²) >= 11 is 0. The minimum absolute atomic E-state index is 0.0335. The van der Waals surface area contributed by atoms with E-state index >= 15 is 0 Å². The molecule has 3 rings (SSSR count). The second kappa shape index (κ2) is 9.10. The van der Waals surface area contributed by atoms with E-state index in [1.165, 1.54) is 30.0 Å². The molecule has 2 N–H and O–H groups in total. The van der Waals surface area contributed by atoms with Crippen molar-refractivity contribution >= 4 is 17.5 Å². The number of aromatic nitrogens is 1. The third-order valence-corrected chi connectivity index (χ3v) is 4.49. The number of hydrogen-bond donors (Lipinski definition) is 2. The molecule has 0 aliphatic heterocycles. The second-order valence-corrected chi connectivity index (χ2v) is 6.93. The molecule has 2 amide bonds. The van der Waals surface area contributed by atoms with E-state index in [-0.39, 0.29) is 18.1 Å². The molecule has 0 saturated carbocycles. The highest BCUT2D eigenvalue weighted by Gasteiger charge is 2.13. The number of carbonyl (C=O) groups excluding carboxylic acids is 2. The lowest BCUT2D eigenvalue weighted by Gasteiger charge is -2.09. The van der Waals surface area contributed by atoms with Crippen molar-refractivity contribution < 1.29 is 14.0 Å². The first-order valence-electron chi connectivity index (χ1n) is 9.33. The summed E-state index contributed by atoms with van der Waals surface area (Å²) in [4.78, 5) is 28.9. The molecule has 1 heterocycles. The summed E-state index contributed by atoms with van der Waals surface area (Å²) in [6.45, 7) is 4.23. The number of rotatable bonds is 6. The molecule has 29 heavy (non-hydrogen) atoms. The normalized spacial score (nSPS) is 10.6. The maximum absolute atomic E-state index is 13.7. The largest absolute Gasteiger partial charge is 0.347 e. The van der Waals surface area contributed by atoms with Gasteiger partial charge in [0, 0.05) is 29.6 Å². The minimum atomic E-state index is -0.482. The van der Waals surface area contributed by atoms with Gasteiger partial charge in [0.1, 0.15) is 11.5 Å². The highest BCUT2D eigenvalue weighted by Crippen LogP contribution is 2.18. The lowest BCUT2D eigenvalue weighted by atomic mass is 10.0. The first-order chi connectivity index (χ1) is 13.9.